The zero-order chi connectivity index (χ0) is 27.7. The van der Waals surface area contributed by atoms with Crippen LogP contribution < -0.4 is 0 Å². The van der Waals surface area contributed by atoms with Crippen LogP contribution in [0.15, 0.2) is 124 Å². The summed E-state index contributed by atoms with van der Waals surface area (Å²) in [7, 11) is 0. The lowest BCUT2D eigenvalue weighted by Crippen LogP contribution is -2.14. The average molecular weight is 540 g/mol. The molecule has 198 valence electrons. The summed E-state index contributed by atoms with van der Waals surface area (Å²) in [5.41, 5.74) is 12.3. The van der Waals surface area contributed by atoms with E-state index in [9.17, 15) is 0 Å². The van der Waals surface area contributed by atoms with Gasteiger partial charge in [-0.2, -0.15) is 0 Å². The van der Waals surface area contributed by atoms with Gasteiger partial charge < -0.3 is 13.4 Å². The molecule has 3 aromatic heterocycles. The fourth-order valence-corrected chi connectivity index (χ4v) is 7.66. The molecule has 1 aliphatic rings. The average Bonchev–Trinajstić information content (AvgIpc) is 3.74. The molecule has 9 aromatic rings. The summed E-state index contributed by atoms with van der Waals surface area (Å²) in [6, 6.07) is 41.3. The number of hydrogen-bond donors (Lipinski definition) is 0. The third kappa shape index (κ3) is 2.62. The van der Waals surface area contributed by atoms with E-state index < -0.39 is 0 Å². The Hall–Kier alpha value is -5.28. The first kappa shape index (κ1) is 22.4. The predicted molar refractivity (Wildman–Crippen MR) is 173 cm³/mol. The third-order valence-corrected chi connectivity index (χ3v) is 9.60. The number of fused-ring (bicyclic) bond motifs is 14. The monoisotopic (exact) mass is 539 g/mol. The molecule has 0 saturated carbocycles. The molecular formula is C39H25NO2. The highest BCUT2D eigenvalue weighted by Crippen LogP contribution is 2.53. The molecule has 10 rings (SSSR count). The van der Waals surface area contributed by atoms with Gasteiger partial charge in [0.25, 0.3) is 0 Å². The minimum atomic E-state index is -0.0691. The Balaban J connectivity index is 1.32. The smallest absolute Gasteiger partial charge is 0.145 e. The van der Waals surface area contributed by atoms with Crippen molar-refractivity contribution in [2.75, 3.05) is 0 Å². The van der Waals surface area contributed by atoms with Crippen molar-refractivity contribution in [3.63, 3.8) is 0 Å². The molecule has 0 unspecified atom stereocenters. The minimum absolute atomic E-state index is 0.0691. The summed E-state index contributed by atoms with van der Waals surface area (Å²) >= 11 is 0. The highest BCUT2D eigenvalue weighted by atomic mass is 16.3. The lowest BCUT2D eigenvalue weighted by Gasteiger charge is -2.21. The van der Waals surface area contributed by atoms with E-state index in [2.05, 4.69) is 122 Å². The first-order valence-electron chi connectivity index (χ1n) is 14.5. The van der Waals surface area contributed by atoms with Gasteiger partial charge in [-0.3, -0.25) is 0 Å². The van der Waals surface area contributed by atoms with E-state index >= 15 is 0 Å². The number of hydrogen-bond acceptors (Lipinski definition) is 2. The molecule has 0 amide bonds. The van der Waals surface area contributed by atoms with Gasteiger partial charge in [-0.05, 0) is 59.2 Å². The fourth-order valence-electron chi connectivity index (χ4n) is 7.66. The lowest BCUT2D eigenvalue weighted by molar-refractivity contribution is 0.654. The van der Waals surface area contributed by atoms with Gasteiger partial charge >= 0.3 is 0 Å². The molecule has 3 heterocycles. The van der Waals surface area contributed by atoms with E-state index in [4.69, 9.17) is 8.83 Å². The number of para-hydroxylation sites is 2. The van der Waals surface area contributed by atoms with Gasteiger partial charge in [0.2, 0.25) is 0 Å². The van der Waals surface area contributed by atoms with Crippen molar-refractivity contribution in [2.24, 2.45) is 0 Å². The Kier molecular flexibility index (Phi) is 4.01. The fraction of sp³-hybridized carbons (Fsp3) is 0.0769. The second-order valence-corrected chi connectivity index (χ2v) is 12.1. The van der Waals surface area contributed by atoms with Crippen molar-refractivity contribution >= 4 is 65.7 Å². The summed E-state index contributed by atoms with van der Waals surface area (Å²) in [6.07, 6.45) is 0. The van der Waals surface area contributed by atoms with Crippen LogP contribution in [0, 0.1) is 0 Å². The molecule has 0 saturated heterocycles. The van der Waals surface area contributed by atoms with Gasteiger partial charge in [-0.25, -0.2) is 0 Å². The molecule has 0 fully saturated rings. The van der Waals surface area contributed by atoms with Gasteiger partial charge in [0.05, 0.1) is 16.4 Å². The van der Waals surface area contributed by atoms with Crippen LogP contribution in [0.25, 0.3) is 82.5 Å². The molecule has 1 aliphatic carbocycles. The van der Waals surface area contributed by atoms with Gasteiger partial charge in [-0.15, -0.1) is 0 Å². The SMILES string of the molecule is CC1(C)c2ccccc2-c2c1ccc1c2oc2c1ccc1c2c2ccccc2n1-c1ccc2oc3ccccc3c2c1. The van der Waals surface area contributed by atoms with Crippen LogP contribution in [0.5, 0.6) is 0 Å². The molecule has 0 atom stereocenters. The maximum Gasteiger partial charge on any atom is 0.145 e. The van der Waals surface area contributed by atoms with Crippen LogP contribution in [0.3, 0.4) is 0 Å². The maximum absolute atomic E-state index is 7.00. The number of rotatable bonds is 1. The van der Waals surface area contributed by atoms with Crippen LogP contribution in [0.2, 0.25) is 0 Å². The van der Waals surface area contributed by atoms with Crippen molar-refractivity contribution in [2.45, 2.75) is 19.3 Å². The van der Waals surface area contributed by atoms with Crippen molar-refractivity contribution < 1.29 is 8.83 Å². The first-order valence-corrected chi connectivity index (χ1v) is 14.5. The van der Waals surface area contributed by atoms with E-state index in [1.807, 2.05) is 12.1 Å². The molecule has 0 aliphatic heterocycles. The first-order chi connectivity index (χ1) is 20.6. The summed E-state index contributed by atoms with van der Waals surface area (Å²) < 4.78 is 15.5. The van der Waals surface area contributed by atoms with Crippen molar-refractivity contribution in [1.82, 2.24) is 4.57 Å². The second-order valence-electron chi connectivity index (χ2n) is 12.1. The minimum Gasteiger partial charge on any atom is -0.456 e. The van der Waals surface area contributed by atoms with E-state index in [0.717, 1.165) is 60.6 Å². The Bertz CT molecular complexity index is 2610. The van der Waals surface area contributed by atoms with Crippen LogP contribution in [-0.4, -0.2) is 4.57 Å². The van der Waals surface area contributed by atoms with Gasteiger partial charge in [0.1, 0.15) is 22.3 Å². The van der Waals surface area contributed by atoms with Gasteiger partial charge in [-0.1, -0.05) is 86.6 Å². The van der Waals surface area contributed by atoms with E-state index in [0.29, 0.717) is 0 Å². The number of benzene rings is 6. The Morgan fingerprint density at radius 2 is 1.26 bits per heavy atom. The largest absolute Gasteiger partial charge is 0.456 e. The van der Waals surface area contributed by atoms with E-state index in [1.54, 1.807) is 0 Å². The van der Waals surface area contributed by atoms with Crippen molar-refractivity contribution in [3.8, 4) is 16.8 Å². The highest BCUT2D eigenvalue weighted by molar-refractivity contribution is 6.25. The maximum atomic E-state index is 7.00. The van der Waals surface area contributed by atoms with E-state index in [1.165, 1.54) is 33.0 Å². The summed E-state index contributed by atoms with van der Waals surface area (Å²) in [6.45, 7) is 4.63. The van der Waals surface area contributed by atoms with Crippen molar-refractivity contribution in [3.05, 3.63) is 126 Å². The second kappa shape index (κ2) is 7.51. The van der Waals surface area contributed by atoms with Crippen LogP contribution in [0.1, 0.15) is 25.0 Å². The zero-order valence-corrected chi connectivity index (χ0v) is 23.2. The molecule has 3 heteroatoms. The quantitative estimate of drug-likeness (QED) is 0.208. The van der Waals surface area contributed by atoms with Crippen molar-refractivity contribution in [1.29, 1.82) is 0 Å². The zero-order valence-electron chi connectivity index (χ0n) is 23.2. The van der Waals surface area contributed by atoms with E-state index in [-0.39, 0.29) is 5.41 Å². The number of nitrogens with zero attached hydrogens (tertiary/aromatic N) is 1. The predicted octanol–water partition coefficient (Wildman–Crippen LogP) is 10.9. The highest BCUT2D eigenvalue weighted by Gasteiger charge is 2.37. The molecule has 0 spiro atoms. The molecule has 0 N–H and O–H groups in total. The number of aromatic nitrogens is 1. The summed E-state index contributed by atoms with van der Waals surface area (Å²) in [4.78, 5) is 0. The van der Waals surface area contributed by atoms with Crippen LogP contribution in [0.4, 0.5) is 0 Å². The number of furan rings is 2. The third-order valence-electron chi connectivity index (χ3n) is 9.60. The standard InChI is InChI=1S/C39H25NO2/c1-39(2)29-12-6-3-10-26(29)35-30(39)18-16-24-25-17-19-32-36(38(25)42-37(24)35)27-11-4-7-13-31(27)40(32)22-15-20-34-28(21-22)23-9-5-8-14-33(23)41-34/h3-21H,1-2H3. The molecular weight excluding hydrogens is 514 g/mol. The molecule has 3 nitrogen and oxygen atoms in total. The van der Waals surface area contributed by atoms with Crippen LogP contribution in [-0.2, 0) is 5.41 Å². The molecule has 0 radical (unpaired) electrons. The Morgan fingerprint density at radius 3 is 2.19 bits per heavy atom. The van der Waals surface area contributed by atoms with Gasteiger partial charge in [0, 0.05) is 43.6 Å². The van der Waals surface area contributed by atoms with Crippen LogP contribution >= 0.6 is 0 Å². The molecule has 6 aromatic carbocycles. The molecule has 42 heavy (non-hydrogen) atoms. The summed E-state index contributed by atoms with van der Waals surface area (Å²) in [5.74, 6) is 0. The topological polar surface area (TPSA) is 31.2 Å². The summed E-state index contributed by atoms with van der Waals surface area (Å²) in [5, 5.41) is 6.91. The Labute approximate surface area is 241 Å². The normalized spacial score (nSPS) is 14.1. The molecule has 0 bridgehead atoms. The lowest BCUT2D eigenvalue weighted by atomic mass is 9.82. The Morgan fingerprint density at radius 1 is 0.524 bits per heavy atom. The van der Waals surface area contributed by atoms with Gasteiger partial charge in [0.15, 0.2) is 0 Å².